The smallest absolute Gasteiger partial charge is 0.248 e. The highest BCUT2D eigenvalue weighted by molar-refractivity contribution is 9.10. The molecule has 1 aromatic rings. The summed E-state index contributed by atoms with van der Waals surface area (Å²) in [5.74, 6) is 2.75. The Balaban J connectivity index is 1.29. The fourth-order valence-corrected chi connectivity index (χ4v) is 5.46. The van der Waals surface area contributed by atoms with Crippen LogP contribution < -0.4 is 15.2 Å². The van der Waals surface area contributed by atoms with E-state index in [4.69, 9.17) is 25.3 Å². The molecule has 12 heteroatoms. The molecule has 0 spiro atoms. The van der Waals surface area contributed by atoms with Gasteiger partial charge in [0.2, 0.25) is 12.7 Å². The molecule has 10 nitrogen and oxygen atoms in total. The summed E-state index contributed by atoms with van der Waals surface area (Å²) in [5.41, 5.74) is 6.67. The van der Waals surface area contributed by atoms with Crippen molar-refractivity contribution in [2.24, 2.45) is 5.92 Å². The van der Waals surface area contributed by atoms with Gasteiger partial charge >= 0.3 is 0 Å². The summed E-state index contributed by atoms with van der Waals surface area (Å²) in [6.45, 7) is 1.90. The summed E-state index contributed by atoms with van der Waals surface area (Å²) >= 11 is 4.99. The Morgan fingerprint density at radius 2 is 2.00 bits per heavy atom. The Morgan fingerprint density at radius 1 is 1.24 bits per heavy atom. The van der Waals surface area contributed by atoms with E-state index in [1.165, 1.54) is 11.8 Å². The number of benzene rings is 1. The molecule has 5 rings (SSSR count). The van der Waals surface area contributed by atoms with Gasteiger partial charge in [0.15, 0.2) is 34.0 Å². The Morgan fingerprint density at radius 3 is 2.76 bits per heavy atom. The number of imidazole rings is 1. The molecule has 3 N–H and O–H groups in total. The Labute approximate surface area is 203 Å². The number of fused-ring (bicyclic) bond motifs is 2. The van der Waals surface area contributed by atoms with Crippen LogP contribution >= 0.6 is 27.7 Å². The zero-order valence-electron chi connectivity index (χ0n) is 17.7. The zero-order valence-corrected chi connectivity index (χ0v) is 20.1. The van der Waals surface area contributed by atoms with Crippen molar-refractivity contribution in [1.82, 2.24) is 24.4 Å². The number of nitrogens with two attached hydrogens (primary N) is 1. The standard InChI is InChI=1S/C21H23BrN6O4S/c22-13-7-14-15(32-11-31-14)8-16(13)33-21-25-18-19(23)24-10-28(20(18)26-21)6-3-12-1-4-27(5-2-12)17(30)9-29/h7-8,10,12,29H,1-6,9,11,23H2. The predicted molar refractivity (Wildman–Crippen MR) is 124 cm³/mol. The van der Waals surface area contributed by atoms with Crippen LogP contribution in [0.2, 0.25) is 0 Å². The second-order valence-corrected chi connectivity index (χ2v) is 9.87. The van der Waals surface area contributed by atoms with E-state index in [0.29, 0.717) is 53.0 Å². The minimum absolute atomic E-state index is 0.196. The number of hydrogen-bond acceptors (Lipinski definition) is 9. The summed E-state index contributed by atoms with van der Waals surface area (Å²) in [6.07, 6.45) is 4.49. The van der Waals surface area contributed by atoms with Crippen LogP contribution in [-0.2, 0) is 11.3 Å². The summed E-state index contributed by atoms with van der Waals surface area (Å²) in [7, 11) is 0. The lowest BCUT2D eigenvalue weighted by Gasteiger charge is -2.31. The highest BCUT2D eigenvalue weighted by atomic mass is 79.9. The molecule has 1 amide bonds. The maximum absolute atomic E-state index is 11.7. The molecule has 0 unspecified atom stereocenters. The number of likely N-dealkylation sites (tertiary alicyclic amines) is 1. The van der Waals surface area contributed by atoms with Crippen molar-refractivity contribution >= 4 is 39.4 Å². The number of nitrogens with zero attached hydrogens (tertiary/aromatic N) is 5. The first kappa shape index (κ1) is 22.2. The Bertz CT molecular complexity index is 1150. The molecule has 4 heterocycles. The van der Waals surface area contributed by atoms with Crippen molar-refractivity contribution in [3.63, 3.8) is 0 Å². The number of carbonyl (C=O) groups is 1. The molecule has 0 aliphatic carbocycles. The molecule has 33 heavy (non-hydrogen) atoms. The van der Waals surface area contributed by atoms with Gasteiger partial charge < -0.3 is 29.8 Å². The molecule has 174 valence electrons. The van der Waals surface area contributed by atoms with E-state index in [0.717, 1.165) is 35.2 Å². The third kappa shape index (κ3) is 4.59. The quantitative estimate of drug-likeness (QED) is 0.490. The van der Waals surface area contributed by atoms with Crippen LogP contribution in [0.25, 0.3) is 11.5 Å². The molecule has 0 bridgehead atoms. The van der Waals surface area contributed by atoms with Gasteiger partial charge in [-0.15, -0.1) is 0 Å². The van der Waals surface area contributed by atoms with Gasteiger partial charge in [-0.1, -0.05) is 0 Å². The Kier molecular flexibility index (Phi) is 6.30. The van der Waals surface area contributed by atoms with Crippen molar-refractivity contribution in [3.8, 4) is 23.0 Å². The topological polar surface area (TPSA) is 129 Å². The number of halogens is 1. The number of carbonyl (C=O) groups excluding carboxylic acids is 1. The third-order valence-corrected chi connectivity index (χ3v) is 7.82. The number of aliphatic hydroxyl groups excluding tert-OH is 1. The average molecular weight is 535 g/mol. The van der Waals surface area contributed by atoms with Gasteiger partial charge in [0.25, 0.3) is 0 Å². The predicted octanol–water partition coefficient (Wildman–Crippen LogP) is 2.62. The fraction of sp³-hybridized carbons (Fsp3) is 0.429. The molecule has 4 aliphatic rings. The molecule has 1 fully saturated rings. The highest BCUT2D eigenvalue weighted by Crippen LogP contribution is 2.43. The van der Waals surface area contributed by atoms with E-state index in [-0.39, 0.29) is 12.7 Å². The number of anilines is 1. The highest BCUT2D eigenvalue weighted by Gasteiger charge is 2.25. The van der Waals surface area contributed by atoms with Crippen molar-refractivity contribution in [2.75, 3.05) is 32.2 Å². The minimum atomic E-state index is -0.422. The van der Waals surface area contributed by atoms with Crippen LogP contribution in [0.1, 0.15) is 19.3 Å². The van der Waals surface area contributed by atoms with E-state index in [9.17, 15) is 4.79 Å². The van der Waals surface area contributed by atoms with Gasteiger partial charge in [0.05, 0.1) is 6.33 Å². The van der Waals surface area contributed by atoms with E-state index >= 15 is 0 Å². The summed E-state index contributed by atoms with van der Waals surface area (Å²) in [6, 6.07) is 3.78. The van der Waals surface area contributed by atoms with Crippen LogP contribution in [0, 0.1) is 5.92 Å². The number of ether oxygens (including phenoxy) is 2. The van der Waals surface area contributed by atoms with Crippen molar-refractivity contribution in [1.29, 1.82) is 0 Å². The lowest BCUT2D eigenvalue weighted by Crippen LogP contribution is -2.40. The largest absolute Gasteiger partial charge is 0.454 e. The third-order valence-electron chi connectivity index (χ3n) is 5.98. The number of nitrogen functional groups attached to an aromatic ring is 1. The van der Waals surface area contributed by atoms with Gasteiger partial charge in [-0.3, -0.25) is 4.79 Å². The molecule has 0 aromatic heterocycles. The molecule has 4 aliphatic heterocycles. The minimum Gasteiger partial charge on any atom is -0.454 e. The van der Waals surface area contributed by atoms with Crippen LogP contribution in [-0.4, -0.2) is 61.9 Å². The number of piperidine rings is 1. The first-order valence-electron chi connectivity index (χ1n) is 10.7. The SMILES string of the molecule is Nc1ncn(CCC2CCN(C(=O)CO)CC2)c2nc(Sc3cc4c(cc3Br)OCO4)nc1-2. The van der Waals surface area contributed by atoms with Gasteiger partial charge in [-0.2, -0.15) is 0 Å². The normalized spacial score (nSPS) is 16.0. The lowest BCUT2D eigenvalue weighted by atomic mass is 9.93. The van der Waals surface area contributed by atoms with Crippen LogP contribution in [0.15, 0.2) is 33.0 Å². The molecule has 1 aromatic carbocycles. The summed E-state index contributed by atoms with van der Waals surface area (Å²) in [5, 5.41) is 9.62. The molecular formula is C21H23BrN6O4S. The summed E-state index contributed by atoms with van der Waals surface area (Å²) < 4.78 is 13.8. The maximum atomic E-state index is 11.7. The van der Waals surface area contributed by atoms with Gasteiger partial charge in [0.1, 0.15) is 6.61 Å². The average Bonchev–Trinajstić information content (AvgIpc) is 3.46. The van der Waals surface area contributed by atoms with Gasteiger partial charge in [-0.05, 0) is 65.0 Å². The second kappa shape index (κ2) is 9.35. The van der Waals surface area contributed by atoms with Gasteiger partial charge in [0, 0.05) is 29.0 Å². The van der Waals surface area contributed by atoms with E-state index < -0.39 is 6.61 Å². The lowest BCUT2D eigenvalue weighted by molar-refractivity contribution is -0.135. The molecule has 0 atom stereocenters. The Hall–Kier alpha value is -2.57. The van der Waals surface area contributed by atoms with E-state index in [1.54, 1.807) is 11.2 Å². The van der Waals surface area contributed by atoms with Crippen molar-refractivity contribution in [3.05, 3.63) is 22.9 Å². The first-order chi connectivity index (χ1) is 16.0. The number of aliphatic hydroxyl groups is 1. The summed E-state index contributed by atoms with van der Waals surface area (Å²) in [4.78, 5) is 28.0. The van der Waals surface area contributed by atoms with E-state index in [1.807, 2.05) is 16.7 Å². The first-order valence-corrected chi connectivity index (χ1v) is 12.3. The maximum Gasteiger partial charge on any atom is 0.248 e. The molecule has 1 saturated heterocycles. The fourth-order valence-electron chi connectivity index (χ4n) is 4.11. The van der Waals surface area contributed by atoms with Crippen LogP contribution in [0.3, 0.4) is 0 Å². The van der Waals surface area contributed by atoms with Crippen molar-refractivity contribution in [2.45, 2.75) is 35.9 Å². The molecular weight excluding hydrogens is 512 g/mol. The number of hydrogen-bond donors (Lipinski definition) is 2. The van der Waals surface area contributed by atoms with Crippen LogP contribution in [0.4, 0.5) is 5.82 Å². The van der Waals surface area contributed by atoms with Crippen molar-refractivity contribution < 1.29 is 19.4 Å². The number of aromatic nitrogens is 4. The number of amides is 1. The number of aryl methyl sites for hydroxylation is 1. The monoisotopic (exact) mass is 534 g/mol. The molecule has 0 radical (unpaired) electrons. The molecule has 0 saturated carbocycles. The second-order valence-electron chi connectivity index (χ2n) is 8.01. The van der Waals surface area contributed by atoms with Crippen LogP contribution in [0.5, 0.6) is 11.5 Å². The van der Waals surface area contributed by atoms with E-state index in [2.05, 4.69) is 25.9 Å². The number of rotatable bonds is 6. The van der Waals surface area contributed by atoms with Gasteiger partial charge in [-0.25, -0.2) is 15.0 Å². The zero-order chi connectivity index (χ0) is 22.9.